The van der Waals surface area contributed by atoms with Crippen molar-refractivity contribution in [2.45, 2.75) is 19.0 Å². The van der Waals surface area contributed by atoms with Gasteiger partial charge in [-0.15, -0.1) is 0 Å². The number of H-pyrrole nitrogens is 1. The largest absolute Gasteiger partial charge is 0.497 e. The minimum Gasteiger partial charge on any atom is -0.497 e. The number of nitrogens with one attached hydrogen (secondary N) is 2. The minimum absolute atomic E-state index is 0.0420. The fourth-order valence-electron chi connectivity index (χ4n) is 4.23. The number of para-hydroxylation sites is 1. The van der Waals surface area contributed by atoms with Crippen LogP contribution in [0.3, 0.4) is 0 Å². The molecule has 2 heterocycles. The third-order valence-corrected chi connectivity index (χ3v) is 7.05. The van der Waals surface area contributed by atoms with Gasteiger partial charge >= 0.3 is 0 Å². The van der Waals surface area contributed by atoms with E-state index in [9.17, 15) is 9.59 Å². The molecule has 0 aliphatic heterocycles. The van der Waals surface area contributed by atoms with Crippen molar-refractivity contribution < 1.29 is 14.3 Å². The predicted molar refractivity (Wildman–Crippen MR) is 148 cm³/mol. The lowest BCUT2D eigenvalue weighted by Crippen LogP contribution is -2.23. The Bertz CT molecular complexity index is 1710. The lowest BCUT2D eigenvalue weighted by molar-refractivity contribution is -0.113. The zero-order chi connectivity index (χ0) is 26.1. The van der Waals surface area contributed by atoms with Crippen LogP contribution in [0.25, 0.3) is 27.6 Å². The van der Waals surface area contributed by atoms with Crippen molar-refractivity contribution in [2.24, 2.45) is 0 Å². The summed E-state index contributed by atoms with van der Waals surface area (Å²) >= 11 is 1.21. The molecule has 0 aliphatic carbocycles. The SMILES string of the molecule is COc1ccc(NC(=O)CSc2nc3c([nH]c4ccccc43)c(=O)n2-c2cc(C)ccc2C)c(OC)c1. The number of hydrogen-bond donors (Lipinski definition) is 2. The molecule has 0 saturated heterocycles. The van der Waals surface area contributed by atoms with Gasteiger partial charge in [0, 0.05) is 17.0 Å². The minimum atomic E-state index is -0.255. The Hall–Kier alpha value is -4.24. The van der Waals surface area contributed by atoms with Crippen molar-refractivity contribution >= 4 is 45.3 Å². The standard InChI is InChI=1S/C28H26N4O4S/c1-16-9-10-17(2)22(13-16)32-27(34)26-25(19-7-5-6-8-20(19)30-26)31-28(32)37-15-24(33)29-21-12-11-18(35-3)14-23(21)36-4/h5-14,30H,15H2,1-4H3,(H,29,33). The summed E-state index contributed by atoms with van der Waals surface area (Å²) < 4.78 is 12.2. The number of fused-ring (bicyclic) bond motifs is 3. The summed E-state index contributed by atoms with van der Waals surface area (Å²) in [5.74, 6) is 0.899. The van der Waals surface area contributed by atoms with Crippen LogP contribution in [-0.2, 0) is 4.79 Å². The van der Waals surface area contributed by atoms with Gasteiger partial charge in [0.2, 0.25) is 5.91 Å². The number of ether oxygens (including phenoxy) is 2. The molecule has 5 rings (SSSR count). The number of anilines is 1. The third-order valence-electron chi connectivity index (χ3n) is 6.12. The van der Waals surface area contributed by atoms with Gasteiger partial charge in [0.1, 0.15) is 22.5 Å². The average molecular weight is 515 g/mol. The van der Waals surface area contributed by atoms with E-state index in [0.717, 1.165) is 27.7 Å². The molecule has 9 heteroatoms. The second kappa shape index (κ2) is 10.0. The molecule has 8 nitrogen and oxygen atoms in total. The Morgan fingerprint density at radius 3 is 2.65 bits per heavy atom. The molecule has 0 atom stereocenters. The highest BCUT2D eigenvalue weighted by molar-refractivity contribution is 7.99. The molecule has 3 aromatic carbocycles. The van der Waals surface area contributed by atoms with Crippen molar-refractivity contribution in [3.63, 3.8) is 0 Å². The molecule has 0 unspecified atom stereocenters. The number of aromatic nitrogens is 3. The van der Waals surface area contributed by atoms with Crippen LogP contribution in [0.5, 0.6) is 11.5 Å². The van der Waals surface area contributed by atoms with E-state index in [1.807, 2.05) is 56.3 Å². The maximum Gasteiger partial charge on any atom is 0.283 e. The zero-order valence-corrected chi connectivity index (χ0v) is 21.7. The van der Waals surface area contributed by atoms with Crippen molar-refractivity contribution in [3.8, 4) is 17.2 Å². The summed E-state index contributed by atoms with van der Waals surface area (Å²) in [4.78, 5) is 34.9. The van der Waals surface area contributed by atoms with E-state index in [-0.39, 0.29) is 17.2 Å². The molecule has 2 N–H and O–H groups in total. The fourth-order valence-corrected chi connectivity index (χ4v) is 5.03. The number of carbonyl (C=O) groups excluding carboxylic acids is 1. The van der Waals surface area contributed by atoms with Crippen molar-refractivity contribution in [3.05, 3.63) is 82.1 Å². The Morgan fingerprint density at radius 2 is 1.86 bits per heavy atom. The number of amides is 1. The molecule has 0 fully saturated rings. The molecule has 2 aromatic heterocycles. The highest BCUT2D eigenvalue weighted by Gasteiger charge is 2.19. The lowest BCUT2D eigenvalue weighted by Gasteiger charge is -2.15. The number of methoxy groups -OCH3 is 2. The van der Waals surface area contributed by atoms with Crippen LogP contribution < -0.4 is 20.3 Å². The summed E-state index contributed by atoms with van der Waals surface area (Å²) in [7, 11) is 3.10. The van der Waals surface area contributed by atoms with Crippen LogP contribution >= 0.6 is 11.8 Å². The quantitative estimate of drug-likeness (QED) is 0.228. The van der Waals surface area contributed by atoms with Gasteiger partial charge in [-0.25, -0.2) is 4.98 Å². The molecule has 5 aromatic rings. The molecule has 0 aliphatic rings. The smallest absolute Gasteiger partial charge is 0.283 e. The van der Waals surface area contributed by atoms with E-state index in [1.54, 1.807) is 29.9 Å². The Morgan fingerprint density at radius 1 is 1.05 bits per heavy atom. The van der Waals surface area contributed by atoms with Gasteiger partial charge in [-0.1, -0.05) is 42.1 Å². The Balaban J connectivity index is 1.55. The maximum absolute atomic E-state index is 13.8. The topological polar surface area (TPSA) is 98.2 Å². The van der Waals surface area contributed by atoms with E-state index in [0.29, 0.717) is 33.4 Å². The lowest BCUT2D eigenvalue weighted by atomic mass is 10.1. The first-order valence-corrected chi connectivity index (χ1v) is 12.6. The third kappa shape index (κ3) is 4.65. The number of benzene rings is 3. The molecule has 37 heavy (non-hydrogen) atoms. The number of rotatable bonds is 7. The van der Waals surface area contributed by atoms with Gasteiger partial charge in [-0.3, -0.25) is 14.2 Å². The molecule has 0 radical (unpaired) electrons. The van der Waals surface area contributed by atoms with E-state index in [1.165, 1.54) is 18.9 Å². The van der Waals surface area contributed by atoms with Crippen molar-refractivity contribution in [1.82, 2.24) is 14.5 Å². The van der Waals surface area contributed by atoms with Gasteiger partial charge in [0.05, 0.1) is 31.3 Å². The van der Waals surface area contributed by atoms with Crippen LogP contribution in [0.4, 0.5) is 5.69 Å². The number of thioether (sulfide) groups is 1. The van der Waals surface area contributed by atoms with Gasteiger partial charge < -0.3 is 19.8 Å². The van der Waals surface area contributed by atoms with Crippen LogP contribution in [0.1, 0.15) is 11.1 Å². The molecule has 188 valence electrons. The van der Waals surface area contributed by atoms with Crippen LogP contribution in [0.15, 0.2) is 70.6 Å². The second-order valence-electron chi connectivity index (χ2n) is 8.62. The number of hydrogen-bond acceptors (Lipinski definition) is 6. The van der Waals surface area contributed by atoms with Gasteiger partial charge in [-0.05, 0) is 49.2 Å². The molecule has 0 saturated carbocycles. The molecule has 0 bridgehead atoms. The van der Waals surface area contributed by atoms with E-state index in [2.05, 4.69) is 10.3 Å². The normalized spacial score (nSPS) is 11.1. The average Bonchev–Trinajstić information content (AvgIpc) is 3.28. The second-order valence-corrected chi connectivity index (χ2v) is 9.56. The number of nitrogens with zero attached hydrogens (tertiary/aromatic N) is 2. The van der Waals surface area contributed by atoms with Gasteiger partial charge in [0.15, 0.2) is 5.16 Å². The van der Waals surface area contributed by atoms with Crippen LogP contribution in [0, 0.1) is 13.8 Å². The molecular formula is C28H26N4O4S. The number of aromatic amines is 1. The summed E-state index contributed by atoms with van der Waals surface area (Å²) in [6.45, 7) is 3.93. The van der Waals surface area contributed by atoms with E-state index in [4.69, 9.17) is 14.5 Å². The number of aryl methyl sites for hydroxylation is 2. The Labute approximate surface area is 217 Å². The van der Waals surface area contributed by atoms with Crippen molar-refractivity contribution in [2.75, 3.05) is 25.3 Å². The monoisotopic (exact) mass is 514 g/mol. The highest BCUT2D eigenvalue weighted by Crippen LogP contribution is 2.30. The first-order chi connectivity index (χ1) is 17.9. The zero-order valence-electron chi connectivity index (χ0n) is 20.9. The van der Waals surface area contributed by atoms with E-state index >= 15 is 0 Å². The fraction of sp³-hybridized carbons (Fsp3) is 0.179. The Kier molecular flexibility index (Phi) is 6.62. The van der Waals surface area contributed by atoms with E-state index < -0.39 is 0 Å². The summed E-state index contributed by atoms with van der Waals surface area (Å²) in [6, 6.07) is 18.8. The molecule has 1 amide bonds. The molecular weight excluding hydrogens is 488 g/mol. The number of carbonyl (C=O) groups is 1. The summed E-state index contributed by atoms with van der Waals surface area (Å²) in [6.07, 6.45) is 0. The van der Waals surface area contributed by atoms with Crippen molar-refractivity contribution in [1.29, 1.82) is 0 Å². The molecule has 0 spiro atoms. The first kappa shape index (κ1) is 24.5. The van der Waals surface area contributed by atoms with Gasteiger partial charge in [-0.2, -0.15) is 0 Å². The maximum atomic E-state index is 13.8. The predicted octanol–water partition coefficient (Wildman–Crippen LogP) is 5.23. The van der Waals surface area contributed by atoms with Gasteiger partial charge in [0.25, 0.3) is 5.56 Å². The highest BCUT2D eigenvalue weighted by atomic mass is 32.2. The van der Waals surface area contributed by atoms with Crippen LogP contribution in [-0.4, -0.2) is 40.4 Å². The van der Waals surface area contributed by atoms with Crippen LogP contribution in [0.2, 0.25) is 0 Å². The summed E-state index contributed by atoms with van der Waals surface area (Å²) in [5.41, 5.74) is 4.85. The first-order valence-electron chi connectivity index (χ1n) is 11.7. The summed E-state index contributed by atoms with van der Waals surface area (Å²) in [5, 5.41) is 4.17.